The SMILES string of the molecule is CCC(=O)OCC(O)C[N+](C)(C)C. The molecule has 0 fully saturated rings. The van der Waals surface area contributed by atoms with Gasteiger partial charge in [-0.1, -0.05) is 6.92 Å². The maximum absolute atomic E-state index is 10.7. The molecule has 0 spiro atoms. The summed E-state index contributed by atoms with van der Waals surface area (Å²) in [4.78, 5) is 10.7. The number of rotatable bonds is 5. The highest BCUT2D eigenvalue weighted by molar-refractivity contribution is 5.68. The summed E-state index contributed by atoms with van der Waals surface area (Å²) >= 11 is 0. The fraction of sp³-hybridized carbons (Fsp3) is 0.889. The molecule has 0 rings (SSSR count). The Hall–Kier alpha value is -0.610. The van der Waals surface area contributed by atoms with Gasteiger partial charge in [0.2, 0.25) is 0 Å². The summed E-state index contributed by atoms with van der Waals surface area (Å²) in [5, 5.41) is 9.44. The van der Waals surface area contributed by atoms with E-state index in [0.717, 1.165) is 0 Å². The Kier molecular flexibility index (Phi) is 4.95. The largest absolute Gasteiger partial charge is 0.463 e. The molecule has 1 atom stereocenters. The summed E-state index contributed by atoms with van der Waals surface area (Å²) in [6, 6.07) is 0. The smallest absolute Gasteiger partial charge is 0.305 e. The van der Waals surface area contributed by atoms with E-state index in [4.69, 9.17) is 4.74 Å². The van der Waals surface area contributed by atoms with Gasteiger partial charge in [-0.25, -0.2) is 0 Å². The Labute approximate surface area is 79.7 Å². The second kappa shape index (κ2) is 5.19. The molecule has 13 heavy (non-hydrogen) atoms. The molecule has 0 aliphatic heterocycles. The lowest BCUT2D eigenvalue weighted by molar-refractivity contribution is -0.873. The van der Waals surface area contributed by atoms with Gasteiger partial charge in [0, 0.05) is 6.42 Å². The number of aliphatic hydroxyl groups is 1. The number of carbonyl (C=O) groups excluding carboxylic acids is 1. The van der Waals surface area contributed by atoms with Gasteiger partial charge in [0.1, 0.15) is 19.3 Å². The van der Waals surface area contributed by atoms with Gasteiger partial charge in [-0.2, -0.15) is 0 Å². The molecule has 1 N–H and O–H groups in total. The van der Waals surface area contributed by atoms with Gasteiger partial charge in [-0.05, 0) is 0 Å². The number of esters is 1. The lowest BCUT2D eigenvalue weighted by atomic mass is 10.3. The zero-order valence-corrected chi connectivity index (χ0v) is 8.91. The first-order chi connectivity index (χ1) is 5.85. The van der Waals surface area contributed by atoms with Crippen LogP contribution in [-0.2, 0) is 9.53 Å². The van der Waals surface area contributed by atoms with Crippen molar-refractivity contribution in [2.75, 3.05) is 34.3 Å². The van der Waals surface area contributed by atoms with Gasteiger partial charge in [-0.15, -0.1) is 0 Å². The summed E-state index contributed by atoms with van der Waals surface area (Å²) in [5.41, 5.74) is 0. The van der Waals surface area contributed by atoms with Crippen LogP contribution in [-0.4, -0.2) is 56.0 Å². The van der Waals surface area contributed by atoms with Crippen molar-refractivity contribution in [3.05, 3.63) is 0 Å². The van der Waals surface area contributed by atoms with E-state index in [1.165, 1.54) is 0 Å². The highest BCUT2D eigenvalue weighted by atomic mass is 16.5. The quantitative estimate of drug-likeness (QED) is 0.490. The minimum Gasteiger partial charge on any atom is -0.463 e. The maximum Gasteiger partial charge on any atom is 0.305 e. The van der Waals surface area contributed by atoms with Crippen molar-refractivity contribution < 1.29 is 19.1 Å². The summed E-state index contributed by atoms with van der Waals surface area (Å²) in [7, 11) is 5.93. The molecule has 0 aromatic rings. The Morgan fingerprint density at radius 3 is 2.38 bits per heavy atom. The van der Waals surface area contributed by atoms with Crippen molar-refractivity contribution in [3.8, 4) is 0 Å². The van der Waals surface area contributed by atoms with Crippen LogP contribution < -0.4 is 0 Å². The van der Waals surface area contributed by atoms with Crippen LogP contribution in [0.25, 0.3) is 0 Å². The van der Waals surface area contributed by atoms with E-state index in [-0.39, 0.29) is 12.6 Å². The number of likely N-dealkylation sites (N-methyl/N-ethyl adjacent to an activating group) is 1. The minimum absolute atomic E-state index is 0.0994. The third-order valence-corrected chi connectivity index (χ3v) is 1.48. The predicted molar refractivity (Wildman–Crippen MR) is 50.2 cm³/mol. The summed E-state index contributed by atoms with van der Waals surface area (Å²) in [6.07, 6.45) is -0.215. The van der Waals surface area contributed by atoms with Gasteiger partial charge in [0.15, 0.2) is 0 Å². The van der Waals surface area contributed by atoms with E-state index in [2.05, 4.69) is 0 Å². The van der Waals surface area contributed by atoms with Crippen molar-refractivity contribution >= 4 is 5.97 Å². The molecule has 1 unspecified atom stereocenters. The number of hydrogen-bond acceptors (Lipinski definition) is 3. The van der Waals surface area contributed by atoms with Crippen LogP contribution >= 0.6 is 0 Å². The lowest BCUT2D eigenvalue weighted by Gasteiger charge is -2.26. The third-order valence-electron chi connectivity index (χ3n) is 1.48. The molecule has 0 saturated heterocycles. The second-order valence-electron chi connectivity index (χ2n) is 4.16. The molecule has 0 radical (unpaired) electrons. The fourth-order valence-corrected chi connectivity index (χ4v) is 0.976. The normalized spacial score (nSPS) is 13.9. The van der Waals surface area contributed by atoms with E-state index in [9.17, 15) is 9.90 Å². The number of carbonyl (C=O) groups is 1. The van der Waals surface area contributed by atoms with E-state index < -0.39 is 6.10 Å². The molecule has 4 nitrogen and oxygen atoms in total. The topological polar surface area (TPSA) is 46.5 Å². The van der Waals surface area contributed by atoms with Crippen LogP contribution in [0.1, 0.15) is 13.3 Å². The molecule has 0 aromatic heterocycles. The zero-order chi connectivity index (χ0) is 10.5. The van der Waals surface area contributed by atoms with E-state index in [1.54, 1.807) is 6.92 Å². The highest BCUT2D eigenvalue weighted by Gasteiger charge is 2.16. The van der Waals surface area contributed by atoms with Crippen molar-refractivity contribution in [2.45, 2.75) is 19.4 Å². The molecule has 0 aliphatic rings. The third kappa shape index (κ3) is 7.74. The van der Waals surface area contributed by atoms with Crippen molar-refractivity contribution in [3.63, 3.8) is 0 Å². The second-order valence-corrected chi connectivity index (χ2v) is 4.16. The Morgan fingerprint density at radius 2 is 2.00 bits per heavy atom. The zero-order valence-electron chi connectivity index (χ0n) is 8.91. The van der Waals surface area contributed by atoms with Gasteiger partial charge in [0.05, 0.1) is 21.1 Å². The predicted octanol–water partition coefficient (Wildman–Crippen LogP) is 0.00670. The number of nitrogens with zero attached hydrogens (tertiary/aromatic N) is 1. The van der Waals surface area contributed by atoms with Gasteiger partial charge >= 0.3 is 5.97 Å². The summed E-state index contributed by atoms with van der Waals surface area (Å²) < 4.78 is 5.46. The number of quaternary nitrogens is 1. The average Bonchev–Trinajstić information content (AvgIpc) is 1.97. The average molecular weight is 190 g/mol. The molecule has 0 bridgehead atoms. The van der Waals surface area contributed by atoms with Crippen molar-refractivity contribution in [2.24, 2.45) is 0 Å². The molecule has 78 valence electrons. The van der Waals surface area contributed by atoms with Crippen LogP contribution in [0, 0.1) is 0 Å². The minimum atomic E-state index is -0.574. The molecular formula is C9H20NO3+. The highest BCUT2D eigenvalue weighted by Crippen LogP contribution is 1.96. The Bertz CT molecular complexity index is 163. The first-order valence-corrected chi connectivity index (χ1v) is 4.49. The summed E-state index contributed by atoms with van der Waals surface area (Å²) in [6.45, 7) is 2.41. The van der Waals surface area contributed by atoms with Crippen LogP contribution in [0.2, 0.25) is 0 Å². The van der Waals surface area contributed by atoms with Crippen LogP contribution in [0.15, 0.2) is 0 Å². The number of aliphatic hydroxyl groups excluding tert-OH is 1. The van der Waals surface area contributed by atoms with Crippen LogP contribution in [0.4, 0.5) is 0 Å². The molecule has 4 heteroatoms. The van der Waals surface area contributed by atoms with Crippen LogP contribution in [0.3, 0.4) is 0 Å². The van der Waals surface area contributed by atoms with Crippen molar-refractivity contribution in [1.82, 2.24) is 0 Å². The molecular weight excluding hydrogens is 170 g/mol. The fourth-order valence-electron chi connectivity index (χ4n) is 0.976. The molecule has 0 saturated carbocycles. The number of hydrogen-bond donors (Lipinski definition) is 1. The molecule has 0 heterocycles. The van der Waals surface area contributed by atoms with Crippen molar-refractivity contribution in [1.29, 1.82) is 0 Å². The number of ether oxygens (including phenoxy) is 1. The first-order valence-electron chi connectivity index (χ1n) is 4.49. The van der Waals surface area contributed by atoms with E-state index >= 15 is 0 Å². The van der Waals surface area contributed by atoms with E-state index in [0.29, 0.717) is 17.4 Å². The Morgan fingerprint density at radius 1 is 1.46 bits per heavy atom. The van der Waals surface area contributed by atoms with Crippen LogP contribution in [0.5, 0.6) is 0 Å². The van der Waals surface area contributed by atoms with E-state index in [1.807, 2.05) is 21.1 Å². The maximum atomic E-state index is 10.7. The summed E-state index contributed by atoms with van der Waals surface area (Å²) in [5.74, 6) is -0.263. The van der Waals surface area contributed by atoms with Gasteiger partial charge in [0.25, 0.3) is 0 Å². The van der Waals surface area contributed by atoms with Gasteiger partial charge < -0.3 is 14.3 Å². The molecule has 0 aromatic carbocycles. The Balaban J connectivity index is 3.63. The first kappa shape index (κ1) is 12.4. The van der Waals surface area contributed by atoms with Gasteiger partial charge in [-0.3, -0.25) is 4.79 Å². The lowest BCUT2D eigenvalue weighted by Crippen LogP contribution is -2.43. The molecule has 0 aliphatic carbocycles. The monoisotopic (exact) mass is 190 g/mol. The molecule has 0 amide bonds. The standard InChI is InChI=1S/C9H20NO3/c1-5-9(12)13-7-8(11)6-10(2,3)4/h8,11H,5-7H2,1-4H3/q+1.